The van der Waals surface area contributed by atoms with Gasteiger partial charge in [0.25, 0.3) is 0 Å². The maximum atomic E-state index is 9.51. The Balaban J connectivity index is 2.75. The van der Waals surface area contributed by atoms with Crippen LogP contribution in [0.4, 0.5) is 5.69 Å². The third-order valence-corrected chi connectivity index (χ3v) is 3.92. The van der Waals surface area contributed by atoms with E-state index in [2.05, 4.69) is 26.1 Å². The summed E-state index contributed by atoms with van der Waals surface area (Å²) in [7, 11) is 0. The lowest BCUT2D eigenvalue weighted by atomic mass is 9.83. The number of hydrogen-bond donors (Lipinski definition) is 2. The van der Waals surface area contributed by atoms with Gasteiger partial charge in [-0.3, -0.25) is 0 Å². The maximum absolute atomic E-state index is 9.51. The van der Waals surface area contributed by atoms with E-state index < -0.39 is 0 Å². The quantitative estimate of drug-likeness (QED) is 0.809. The van der Waals surface area contributed by atoms with E-state index in [0.29, 0.717) is 0 Å². The minimum absolute atomic E-state index is 0.0330. The van der Waals surface area contributed by atoms with E-state index in [1.807, 2.05) is 18.2 Å². The zero-order valence-electron chi connectivity index (χ0n) is 10.9. The molecule has 0 bridgehead atoms. The molecule has 0 fully saturated rings. The Morgan fingerprint density at radius 3 is 2.47 bits per heavy atom. The Kier molecular flexibility index (Phi) is 5.29. The molecule has 0 aliphatic carbocycles. The van der Waals surface area contributed by atoms with Gasteiger partial charge in [-0.05, 0) is 37.5 Å². The number of aliphatic hydroxyl groups excluding tert-OH is 1. The lowest BCUT2D eigenvalue weighted by Crippen LogP contribution is -2.32. The number of benzene rings is 1. The van der Waals surface area contributed by atoms with Crippen LogP contribution in [0.15, 0.2) is 18.2 Å². The predicted octanol–water partition coefficient (Wildman–Crippen LogP) is 3.86. The van der Waals surface area contributed by atoms with E-state index in [-0.39, 0.29) is 12.0 Å². The first-order valence-corrected chi connectivity index (χ1v) is 6.55. The summed E-state index contributed by atoms with van der Waals surface area (Å²) in [6.07, 6.45) is 1.93. The van der Waals surface area contributed by atoms with Crippen molar-refractivity contribution in [1.29, 1.82) is 0 Å². The van der Waals surface area contributed by atoms with Crippen molar-refractivity contribution in [3.8, 4) is 0 Å². The Hall–Kier alpha value is -0.730. The van der Waals surface area contributed by atoms with Gasteiger partial charge in [-0.15, -0.1) is 0 Å². The van der Waals surface area contributed by atoms with Crippen LogP contribution in [-0.4, -0.2) is 18.3 Å². The van der Waals surface area contributed by atoms with Crippen molar-refractivity contribution in [2.45, 2.75) is 33.6 Å². The molecule has 0 aliphatic rings. The van der Waals surface area contributed by atoms with Gasteiger partial charge in [-0.25, -0.2) is 0 Å². The first kappa shape index (κ1) is 14.3. The SMILES string of the molecule is CCC(CC)(CO)CNc1cc(Cl)ccc1C. The lowest BCUT2D eigenvalue weighted by molar-refractivity contribution is 0.127. The van der Waals surface area contributed by atoms with Crippen LogP contribution in [0, 0.1) is 12.3 Å². The lowest BCUT2D eigenvalue weighted by Gasteiger charge is -2.30. The van der Waals surface area contributed by atoms with Crippen molar-refractivity contribution >= 4 is 17.3 Å². The van der Waals surface area contributed by atoms with Crippen molar-refractivity contribution in [3.63, 3.8) is 0 Å². The van der Waals surface area contributed by atoms with Crippen LogP contribution in [0.2, 0.25) is 5.02 Å². The summed E-state index contributed by atoms with van der Waals surface area (Å²) < 4.78 is 0. The minimum Gasteiger partial charge on any atom is -0.396 e. The number of anilines is 1. The standard InChI is InChI=1S/C14H22ClNO/c1-4-14(5-2,10-17)9-16-13-8-12(15)7-6-11(13)3/h6-8,16-17H,4-5,9-10H2,1-3H3. The zero-order chi connectivity index (χ0) is 12.9. The Morgan fingerprint density at radius 2 is 1.94 bits per heavy atom. The summed E-state index contributed by atoms with van der Waals surface area (Å²) in [6, 6.07) is 5.83. The fourth-order valence-corrected chi connectivity index (χ4v) is 2.02. The van der Waals surface area contributed by atoms with Crippen molar-refractivity contribution < 1.29 is 5.11 Å². The fraction of sp³-hybridized carbons (Fsp3) is 0.571. The minimum atomic E-state index is -0.0330. The third-order valence-electron chi connectivity index (χ3n) is 3.69. The molecule has 1 rings (SSSR count). The second kappa shape index (κ2) is 6.27. The maximum Gasteiger partial charge on any atom is 0.0504 e. The molecule has 2 N–H and O–H groups in total. The van der Waals surface area contributed by atoms with Gasteiger partial charge in [-0.2, -0.15) is 0 Å². The molecule has 0 saturated carbocycles. The van der Waals surface area contributed by atoms with Gasteiger partial charge >= 0.3 is 0 Å². The molecule has 0 saturated heterocycles. The first-order chi connectivity index (χ1) is 8.06. The van der Waals surface area contributed by atoms with Crippen LogP contribution < -0.4 is 5.32 Å². The van der Waals surface area contributed by atoms with E-state index >= 15 is 0 Å². The monoisotopic (exact) mass is 255 g/mol. The molecule has 0 unspecified atom stereocenters. The van der Waals surface area contributed by atoms with E-state index in [1.165, 1.54) is 5.56 Å². The summed E-state index contributed by atoms with van der Waals surface area (Å²) in [5, 5.41) is 13.7. The Labute approximate surface area is 109 Å². The van der Waals surface area contributed by atoms with Crippen LogP contribution >= 0.6 is 11.6 Å². The average Bonchev–Trinajstić information content (AvgIpc) is 2.35. The number of aliphatic hydroxyl groups is 1. The Bertz CT molecular complexity index is 353. The van der Waals surface area contributed by atoms with Crippen LogP contribution in [0.25, 0.3) is 0 Å². The van der Waals surface area contributed by atoms with E-state index in [4.69, 9.17) is 11.6 Å². The smallest absolute Gasteiger partial charge is 0.0504 e. The molecular formula is C14H22ClNO. The summed E-state index contributed by atoms with van der Waals surface area (Å²) in [5.41, 5.74) is 2.19. The number of nitrogens with one attached hydrogen (secondary N) is 1. The van der Waals surface area contributed by atoms with Crippen molar-refractivity contribution in [2.75, 3.05) is 18.5 Å². The van der Waals surface area contributed by atoms with Crippen molar-refractivity contribution in [2.24, 2.45) is 5.41 Å². The molecule has 0 heterocycles. The molecule has 0 aliphatic heterocycles. The molecule has 0 atom stereocenters. The molecule has 1 aromatic carbocycles. The highest BCUT2D eigenvalue weighted by Gasteiger charge is 2.24. The summed E-state index contributed by atoms with van der Waals surface area (Å²) in [6.45, 7) is 7.28. The van der Waals surface area contributed by atoms with Gasteiger partial charge in [0.2, 0.25) is 0 Å². The number of hydrogen-bond acceptors (Lipinski definition) is 2. The molecule has 3 heteroatoms. The van der Waals surface area contributed by atoms with Crippen LogP contribution in [0.3, 0.4) is 0 Å². The highest BCUT2D eigenvalue weighted by molar-refractivity contribution is 6.30. The summed E-state index contributed by atoms with van der Waals surface area (Å²) >= 11 is 5.98. The molecule has 1 aromatic rings. The largest absolute Gasteiger partial charge is 0.396 e. The molecule has 2 nitrogen and oxygen atoms in total. The zero-order valence-corrected chi connectivity index (χ0v) is 11.6. The molecule has 96 valence electrons. The van der Waals surface area contributed by atoms with Gasteiger partial charge in [0.15, 0.2) is 0 Å². The molecule has 0 spiro atoms. The second-order valence-corrected chi connectivity index (χ2v) is 5.11. The van der Waals surface area contributed by atoms with Crippen LogP contribution in [-0.2, 0) is 0 Å². The molecular weight excluding hydrogens is 234 g/mol. The molecule has 0 amide bonds. The normalized spacial score (nSPS) is 11.6. The van der Waals surface area contributed by atoms with Gasteiger partial charge in [0, 0.05) is 22.7 Å². The number of halogens is 1. The van der Waals surface area contributed by atoms with E-state index in [0.717, 1.165) is 30.1 Å². The van der Waals surface area contributed by atoms with Gasteiger partial charge in [0.05, 0.1) is 6.61 Å². The van der Waals surface area contributed by atoms with Crippen LogP contribution in [0.5, 0.6) is 0 Å². The number of aryl methyl sites for hydroxylation is 1. The molecule has 17 heavy (non-hydrogen) atoms. The Morgan fingerprint density at radius 1 is 1.29 bits per heavy atom. The third kappa shape index (κ3) is 3.62. The van der Waals surface area contributed by atoms with Gasteiger partial charge < -0.3 is 10.4 Å². The topological polar surface area (TPSA) is 32.3 Å². The highest BCUT2D eigenvalue weighted by atomic mass is 35.5. The fourth-order valence-electron chi connectivity index (χ4n) is 1.85. The first-order valence-electron chi connectivity index (χ1n) is 6.18. The van der Waals surface area contributed by atoms with Crippen LogP contribution in [0.1, 0.15) is 32.3 Å². The molecule has 0 aromatic heterocycles. The summed E-state index contributed by atoms with van der Waals surface area (Å²) in [5.74, 6) is 0. The van der Waals surface area contributed by atoms with Crippen molar-refractivity contribution in [3.05, 3.63) is 28.8 Å². The van der Waals surface area contributed by atoms with E-state index in [1.54, 1.807) is 0 Å². The highest BCUT2D eigenvalue weighted by Crippen LogP contribution is 2.27. The van der Waals surface area contributed by atoms with Gasteiger partial charge in [-0.1, -0.05) is 31.5 Å². The average molecular weight is 256 g/mol. The predicted molar refractivity (Wildman–Crippen MR) is 74.8 cm³/mol. The van der Waals surface area contributed by atoms with Crippen molar-refractivity contribution in [1.82, 2.24) is 0 Å². The summed E-state index contributed by atoms with van der Waals surface area (Å²) in [4.78, 5) is 0. The number of rotatable bonds is 6. The van der Waals surface area contributed by atoms with Gasteiger partial charge in [0.1, 0.15) is 0 Å². The molecule has 0 radical (unpaired) electrons. The van der Waals surface area contributed by atoms with E-state index in [9.17, 15) is 5.11 Å². The second-order valence-electron chi connectivity index (χ2n) is 4.68.